The van der Waals surface area contributed by atoms with Crippen LogP contribution in [0.15, 0.2) is 18.2 Å². The quantitative estimate of drug-likeness (QED) is 0.188. The maximum Gasteiger partial charge on any atom is 0.547 e. The number of phenolic OH excluding ortho intramolecular Hbond substituents is 2. The van der Waals surface area contributed by atoms with E-state index in [0.29, 0.717) is 15.3 Å². The van der Waals surface area contributed by atoms with Gasteiger partial charge in [-0.3, -0.25) is 4.79 Å². The second-order valence-corrected chi connectivity index (χ2v) is 11.4. The number of nitrogens with one attached hydrogen (secondary N) is 2. The number of carboxylic acid groups (broad SMARTS) is 1. The van der Waals surface area contributed by atoms with Gasteiger partial charge in [-0.1, -0.05) is 17.7 Å². The molecule has 5 amide bonds. The average Bonchev–Trinajstić information content (AvgIpc) is 3.29. The molecule has 0 radical (unpaired) electrons. The third-order valence-electron chi connectivity index (χ3n) is 6.40. The standard InChI is InChI=1S/C22H20BClF2N4O11S/c1-42(39,40)30-5-4-29(22(30)37)21(36)28-16(13-10(26)7-11(31)17(32)15(13)24)19(33)27-12-6-8-2-3-9(25)14(20(34)35)18(8)41-23(12)38/h2-3,7,12,16,31-32,38H,4-6H2,1H3,(H,27,33)(H,28,36)(H,34,35). The number of carbonyl (C=O) groups is 4. The van der Waals surface area contributed by atoms with Gasteiger partial charge in [-0.2, -0.15) is 0 Å². The zero-order valence-corrected chi connectivity index (χ0v) is 22.7. The number of sulfonamides is 1. The van der Waals surface area contributed by atoms with Gasteiger partial charge in [0.25, 0.3) is 0 Å². The summed E-state index contributed by atoms with van der Waals surface area (Å²) in [5, 5.41) is 42.9. The molecule has 2 atom stereocenters. The molecule has 2 aromatic rings. The van der Waals surface area contributed by atoms with Gasteiger partial charge < -0.3 is 35.6 Å². The van der Waals surface area contributed by atoms with Gasteiger partial charge in [0.05, 0.1) is 30.3 Å². The van der Waals surface area contributed by atoms with Gasteiger partial charge in [0.2, 0.25) is 15.9 Å². The molecule has 2 aliphatic rings. The van der Waals surface area contributed by atoms with Crippen molar-refractivity contribution in [2.24, 2.45) is 0 Å². The lowest BCUT2D eigenvalue weighted by Crippen LogP contribution is -2.56. The molecule has 6 N–H and O–H groups in total. The smallest absolute Gasteiger partial charge is 0.534 e. The van der Waals surface area contributed by atoms with Crippen LogP contribution < -0.4 is 15.3 Å². The number of phenols is 2. The normalized spacial score (nSPS) is 17.4. The number of hydrogen-bond donors (Lipinski definition) is 6. The van der Waals surface area contributed by atoms with Gasteiger partial charge in [0.1, 0.15) is 29.0 Å². The fourth-order valence-corrected chi connectivity index (χ4v) is 5.48. The number of nitrogens with zero attached hydrogens (tertiary/aromatic N) is 2. The summed E-state index contributed by atoms with van der Waals surface area (Å²) in [5.41, 5.74) is -1.69. The van der Waals surface area contributed by atoms with E-state index in [1.165, 1.54) is 0 Å². The van der Waals surface area contributed by atoms with E-state index >= 15 is 4.39 Å². The van der Waals surface area contributed by atoms with Crippen molar-refractivity contribution in [1.29, 1.82) is 0 Å². The molecule has 0 aromatic heterocycles. The van der Waals surface area contributed by atoms with Gasteiger partial charge in [-0.15, -0.1) is 0 Å². The summed E-state index contributed by atoms with van der Waals surface area (Å²) in [6.45, 7) is -0.863. The summed E-state index contributed by atoms with van der Waals surface area (Å²) in [6.07, 6.45) is 0.384. The molecule has 1 fully saturated rings. The van der Waals surface area contributed by atoms with Crippen molar-refractivity contribution in [2.45, 2.75) is 18.4 Å². The summed E-state index contributed by atoms with van der Waals surface area (Å²) >= 11 is 5.98. The fraction of sp³-hybridized carbons (Fsp3) is 0.273. The molecule has 0 spiro atoms. The van der Waals surface area contributed by atoms with Crippen molar-refractivity contribution in [1.82, 2.24) is 19.8 Å². The highest BCUT2D eigenvalue weighted by Gasteiger charge is 2.43. The molecule has 0 saturated carbocycles. The number of rotatable bonds is 6. The van der Waals surface area contributed by atoms with Crippen molar-refractivity contribution in [3.8, 4) is 17.2 Å². The Labute approximate surface area is 240 Å². The lowest BCUT2D eigenvalue weighted by Gasteiger charge is -2.31. The van der Waals surface area contributed by atoms with Crippen molar-refractivity contribution < 1.29 is 61.4 Å². The van der Waals surface area contributed by atoms with Crippen LogP contribution in [0.25, 0.3) is 0 Å². The molecule has 2 heterocycles. The number of amides is 5. The minimum absolute atomic E-state index is 0.0556. The van der Waals surface area contributed by atoms with E-state index in [4.69, 9.17) is 16.3 Å². The highest BCUT2D eigenvalue weighted by Crippen LogP contribution is 2.40. The van der Waals surface area contributed by atoms with Crippen LogP contribution in [-0.4, -0.2) is 94.3 Å². The van der Waals surface area contributed by atoms with E-state index in [0.717, 1.165) is 18.4 Å². The number of hydrogen-bond acceptors (Lipinski definition) is 10. The average molecular weight is 633 g/mol. The maximum atomic E-state index is 15.0. The highest BCUT2D eigenvalue weighted by atomic mass is 35.5. The van der Waals surface area contributed by atoms with E-state index in [2.05, 4.69) is 5.32 Å². The van der Waals surface area contributed by atoms with Gasteiger partial charge in [0, 0.05) is 11.6 Å². The molecule has 0 aliphatic carbocycles. The molecule has 2 aromatic carbocycles. The van der Waals surface area contributed by atoms with E-state index in [9.17, 15) is 52.3 Å². The Balaban J connectivity index is 1.66. The SMILES string of the molecule is CS(=O)(=O)N1CCN(C(=O)NC(C(=O)NC2Cc3ccc(F)c(C(=O)O)c3OB2O)c2c(F)cc(O)c(O)c2Cl)C1=O. The number of urea groups is 2. The second kappa shape index (κ2) is 11.1. The third-order valence-corrected chi connectivity index (χ3v) is 7.92. The largest absolute Gasteiger partial charge is 0.547 e. The fourth-order valence-electron chi connectivity index (χ4n) is 4.38. The zero-order chi connectivity index (χ0) is 31.3. The Morgan fingerprint density at radius 3 is 2.45 bits per heavy atom. The Morgan fingerprint density at radius 1 is 1.19 bits per heavy atom. The summed E-state index contributed by atoms with van der Waals surface area (Å²) < 4.78 is 58.2. The van der Waals surface area contributed by atoms with Gasteiger partial charge in [-0.05, 0) is 18.1 Å². The maximum absolute atomic E-state index is 15.0. The first-order valence-electron chi connectivity index (χ1n) is 11.7. The van der Waals surface area contributed by atoms with Crippen molar-refractivity contribution >= 4 is 52.7 Å². The Hall–Kier alpha value is -4.36. The van der Waals surface area contributed by atoms with E-state index in [-0.39, 0.29) is 12.0 Å². The monoisotopic (exact) mass is 632 g/mol. The molecule has 224 valence electrons. The number of carboxylic acids is 1. The third kappa shape index (κ3) is 5.57. The molecule has 4 rings (SSSR count). The van der Waals surface area contributed by atoms with Crippen LogP contribution in [0.4, 0.5) is 18.4 Å². The predicted octanol–water partition coefficient (Wildman–Crippen LogP) is 0.315. The van der Waals surface area contributed by atoms with Crippen LogP contribution >= 0.6 is 11.6 Å². The zero-order valence-electron chi connectivity index (χ0n) is 21.2. The molecule has 2 aliphatic heterocycles. The summed E-state index contributed by atoms with van der Waals surface area (Å²) in [4.78, 5) is 50.8. The molecule has 1 saturated heterocycles. The van der Waals surface area contributed by atoms with Crippen LogP contribution in [0.5, 0.6) is 17.2 Å². The minimum Gasteiger partial charge on any atom is -0.534 e. The summed E-state index contributed by atoms with van der Waals surface area (Å²) in [7, 11) is -6.04. The first kappa shape index (κ1) is 30.6. The van der Waals surface area contributed by atoms with E-state index in [1.807, 2.05) is 5.32 Å². The van der Waals surface area contributed by atoms with Gasteiger partial charge >= 0.3 is 25.1 Å². The molecule has 15 nitrogen and oxygen atoms in total. The van der Waals surface area contributed by atoms with Crippen LogP contribution in [0.2, 0.25) is 5.02 Å². The lowest BCUT2D eigenvalue weighted by molar-refractivity contribution is -0.123. The number of benzene rings is 2. The number of halogens is 3. The van der Waals surface area contributed by atoms with Gasteiger partial charge in [-0.25, -0.2) is 40.8 Å². The molecule has 2 unspecified atom stereocenters. The van der Waals surface area contributed by atoms with E-state index in [1.54, 1.807) is 0 Å². The number of aromatic hydroxyl groups is 2. The molecular weight excluding hydrogens is 613 g/mol. The van der Waals surface area contributed by atoms with E-state index < -0.39 is 111 Å². The minimum atomic E-state index is -4.06. The topological polar surface area (TPSA) is 223 Å². The summed E-state index contributed by atoms with van der Waals surface area (Å²) in [6, 6.07) is -2.47. The molecule has 0 bridgehead atoms. The number of aromatic carboxylic acids is 1. The highest BCUT2D eigenvalue weighted by molar-refractivity contribution is 7.88. The first-order valence-corrected chi connectivity index (χ1v) is 13.9. The summed E-state index contributed by atoms with van der Waals surface area (Å²) in [5.74, 6) is -9.53. The molecule has 42 heavy (non-hydrogen) atoms. The first-order chi connectivity index (χ1) is 19.5. The number of imide groups is 1. The second-order valence-electron chi connectivity index (χ2n) is 9.15. The predicted molar refractivity (Wildman–Crippen MR) is 137 cm³/mol. The van der Waals surface area contributed by atoms with Crippen LogP contribution in [0, 0.1) is 11.6 Å². The molecular formula is C22H20BClF2N4O11S. The Morgan fingerprint density at radius 2 is 1.86 bits per heavy atom. The number of carbonyl (C=O) groups excluding carboxylic acids is 3. The lowest BCUT2D eigenvalue weighted by atomic mass is 9.72. The van der Waals surface area contributed by atoms with Crippen LogP contribution in [-0.2, 0) is 21.2 Å². The Bertz CT molecular complexity index is 1630. The van der Waals surface area contributed by atoms with Crippen LogP contribution in [0.1, 0.15) is 27.5 Å². The van der Waals surface area contributed by atoms with Crippen LogP contribution in [0.3, 0.4) is 0 Å². The van der Waals surface area contributed by atoms with Crippen molar-refractivity contribution in [2.75, 3.05) is 19.3 Å². The van der Waals surface area contributed by atoms with Crippen molar-refractivity contribution in [3.05, 3.63) is 51.5 Å². The number of fused-ring (bicyclic) bond motifs is 1. The van der Waals surface area contributed by atoms with Crippen molar-refractivity contribution in [3.63, 3.8) is 0 Å². The van der Waals surface area contributed by atoms with Gasteiger partial charge in [0.15, 0.2) is 11.5 Å². The molecule has 20 heteroatoms. The Kier molecular flexibility index (Phi) is 8.12.